The van der Waals surface area contributed by atoms with Crippen LogP contribution in [0, 0.1) is 0 Å². The van der Waals surface area contributed by atoms with Crippen molar-refractivity contribution in [2.75, 3.05) is 37.7 Å². The first-order chi connectivity index (χ1) is 11.7. The number of carbonyl (C=O) groups is 1. The summed E-state index contributed by atoms with van der Waals surface area (Å²) in [6.45, 7) is 4.27. The van der Waals surface area contributed by atoms with E-state index in [4.69, 9.17) is 9.15 Å². The molecule has 0 saturated carbocycles. The summed E-state index contributed by atoms with van der Waals surface area (Å²) in [6.07, 6.45) is 1.53. The van der Waals surface area contributed by atoms with E-state index >= 15 is 0 Å². The number of nitrogens with one attached hydrogen (secondary N) is 1. The summed E-state index contributed by atoms with van der Waals surface area (Å²) in [5.41, 5.74) is 0.0167. The van der Waals surface area contributed by atoms with Crippen LogP contribution in [0.3, 0.4) is 0 Å². The smallest absolute Gasteiger partial charge is 0.409 e. The fraction of sp³-hybridized carbons (Fsp3) is 0.467. The third-order valence-electron chi connectivity index (χ3n) is 3.78. The number of carbonyl (C=O) groups excluding carboxylic acids is 1. The van der Waals surface area contributed by atoms with Gasteiger partial charge in [0.25, 0.3) is 5.56 Å². The number of aromatic nitrogens is 3. The zero-order valence-electron chi connectivity index (χ0n) is 13.4. The monoisotopic (exact) mass is 333 g/mol. The van der Waals surface area contributed by atoms with Crippen LogP contribution in [-0.4, -0.2) is 59.0 Å². The van der Waals surface area contributed by atoms with Gasteiger partial charge in [-0.05, 0) is 19.1 Å². The van der Waals surface area contributed by atoms with Gasteiger partial charge in [-0.1, -0.05) is 0 Å². The zero-order chi connectivity index (χ0) is 16.9. The summed E-state index contributed by atoms with van der Waals surface area (Å²) >= 11 is 0. The van der Waals surface area contributed by atoms with Gasteiger partial charge in [-0.25, -0.2) is 4.79 Å². The Morgan fingerprint density at radius 2 is 2.12 bits per heavy atom. The van der Waals surface area contributed by atoms with E-state index in [1.54, 1.807) is 30.2 Å². The van der Waals surface area contributed by atoms with Crippen molar-refractivity contribution < 1.29 is 13.9 Å². The van der Waals surface area contributed by atoms with Crippen molar-refractivity contribution in [2.24, 2.45) is 0 Å². The molecule has 9 heteroatoms. The molecule has 1 aliphatic heterocycles. The van der Waals surface area contributed by atoms with Crippen LogP contribution in [0.15, 0.2) is 27.6 Å². The molecule has 0 aliphatic carbocycles. The van der Waals surface area contributed by atoms with Gasteiger partial charge < -0.3 is 19.0 Å². The van der Waals surface area contributed by atoms with Crippen molar-refractivity contribution in [2.45, 2.75) is 13.3 Å². The summed E-state index contributed by atoms with van der Waals surface area (Å²) in [6, 6.07) is 3.54. The molecule has 0 radical (unpaired) electrons. The maximum Gasteiger partial charge on any atom is 0.409 e. The van der Waals surface area contributed by atoms with Crippen LogP contribution in [0.25, 0.3) is 0 Å². The predicted molar refractivity (Wildman–Crippen MR) is 85.0 cm³/mol. The number of furan rings is 1. The van der Waals surface area contributed by atoms with Crippen LogP contribution in [0.2, 0.25) is 0 Å². The van der Waals surface area contributed by atoms with Crippen LogP contribution in [0.5, 0.6) is 0 Å². The summed E-state index contributed by atoms with van der Waals surface area (Å²) in [4.78, 5) is 30.1. The van der Waals surface area contributed by atoms with E-state index in [2.05, 4.69) is 15.2 Å². The molecule has 0 spiro atoms. The highest BCUT2D eigenvalue weighted by Gasteiger charge is 2.23. The third kappa shape index (κ3) is 3.55. The highest BCUT2D eigenvalue weighted by atomic mass is 16.6. The molecule has 1 fully saturated rings. The molecule has 128 valence electrons. The van der Waals surface area contributed by atoms with Gasteiger partial charge in [0.15, 0.2) is 0 Å². The summed E-state index contributed by atoms with van der Waals surface area (Å²) < 4.78 is 10.2. The van der Waals surface area contributed by atoms with Gasteiger partial charge in [-0.15, -0.1) is 10.2 Å². The lowest BCUT2D eigenvalue weighted by molar-refractivity contribution is 0.105. The average Bonchev–Trinajstić information content (AvgIpc) is 3.10. The molecule has 0 bridgehead atoms. The minimum atomic E-state index is -0.314. The Balaban J connectivity index is 1.63. The van der Waals surface area contributed by atoms with E-state index < -0.39 is 0 Å². The number of amides is 1. The molecule has 3 rings (SSSR count). The van der Waals surface area contributed by atoms with E-state index in [1.165, 1.54) is 0 Å². The topological polar surface area (TPSA) is 105 Å². The van der Waals surface area contributed by atoms with E-state index in [9.17, 15) is 9.59 Å². The molecule has 3 heterocycles. The van der Waals surface area contributed by atoms with Crippen molar-refractivity contribution in [3.63, 3.8) is 0 Å². The number of nitrogens with zero attached hydrogens (tertiary/aromatic N) is 4. The lowest BCUT2D eigenvalue weighted by Crippen LogP contribution is -2.49. The molecule has 24 heavy (non-hydrogen) atoms. The van der Waals surface area contributed by atoms with E-state index in [0.717, 1.165) is 0 Å². The molecule has 0 unspecified atom stereocenters. The number of hydrogen-bond donors (Lipinski definition) is 1. The van der Waals surface area contributed by atoms with Gasteiger partial charge in [0.1, 0.15) is 11.5 Å². The molecule has 0 atom stereocenters. The maximum atomic E-state index is 12.2. The van der Waals surface area contributed by atoms with Crippen LogP contribution in [0.1, 0.15) is 18.4 Å². The molecule has 2 aromatic heterocycles. The maximum absolute atomic E-state index is 12.2. The summed E-state index contributed by atoms with van der Waals surface area (Å²) in [7, 11) is 0. The van der Waals surface area contributed by atoms with Gasteiger partial charge in [0.2, 0.25) is 5.95 Å². The Morgan fingerprint density at radius 3 is 2.75 bits per heavy atom. The highest BCUT2D eigenvalue weighted by Crippen LogP contribution is 2.10. The predicted octanol–water partition coefficient (Wildman–Crippen LogP) is 0.627. The Hall–Kier alpha value is -2.84. The lowest BCUT2D eigenvalue weighted by atomic mass is 10.2. The molecule has 9 nitrogen and oxygen atoms in total. The van der Waals surface area contributed by atoms with Gasteiger partial charge in [0, 0.05) is 26.2 Å². The Morgan fingerprint density at radius 1 is 1.33 bits per heavy atom. The summed E-state index contributed by atoms with van der Waals surface area (Å²) in [5, 5.41) is 8.11. The largest absolute Gasteiger partial charge is 0.469 e. The Labute approximate surface area is 138 Å². The Kier molecular flexibility index (Phi) is 4.78. The zero-order valence-corrected chi connectivity index (χ0v) is 13.4. The number of aromatic amines is 1. The molecule has 0 aromatic carbocycles. The normalized spacial score (nSPS) is 14.7. The van der Waals surface area contributed by atoms with Gasteiger partial charge in [0.05, 0.1) is 19.3 Å². The van der Waals surface area contributed by atoms with E-state index in [1.807, 2.05) is 4.90 Å². The standard InChI is InChI=1S/C15H19N5O4/c1-2-23-15(22)20-7-5-19(6-8-20)14-16-13(21)12(17-18-14)10-11-4-3-9-24-11/h3-4,9H,2,5-8,10H2,1H3,(H,16,18,21). The minimum absolute atomic E-state index is 0.288. The van der Waals surface area contributed by atoms with Crippen LogP contribution < -0.4 is 10.5 Å². The number of ether oxygens (including phenoxy) is 1. The van der Waals surface area contributed by atoms with Crippen molar-refractivity contribution in [3.05, 3.63) is 40.2 Å². The van der Waals surface area contributed by atoms with Crippen molar-refractivity contribution >= 4 is 12.0 Å². The number of hydrogen-bond acceptors (Lipinski definition) is 7. The minimum Gasteiger partial charge on any atom is -0.469 e. The summed E-state index contributed by atoms with van der Waals surface area (Å²) in [5.74, 6) is 1.07. The van der Waals surface area contributed by atoms with Crippen molar-refractivity contribution in [3.8, 4) is 0 Å². The fourth-order valence-electron chi connectivity index (χ4n) is 2.50. The SMILES string of the molecule is CCOC(=O)N1CCN(c2nnc(Cc3ccco3)c(=O)[nH]2)CC1. The van der Waals surface area contributed by atoms with E-state index in [0.29, 0.717) is 56.6 Å². The third-order valence-corrected chi connectivity index (χ3v) is 3.78. The van der Waals surface area contributed by atoms with Crippen LogP contribution in [-0.2, 0) is 11.2 Å². The highest BCUT2D eigenvalue weighted by molar-refractivity contribution is 5.68. The number of H-pyrrole nitrogens is 1. The first kappa shape index (κ1) is 16.0. The molecule has 2 aromatic rings. The molecular formula is C15H19N5O4. The molecule has 1 N–H and O–H groups in total. The van der Waals surface area contributed by atoms with Crippen molar-refractivity contribution in [1.29, 1.82) is 0 Å². The first-order valence-electron chi connectivity index (χ1n) is 7.82. The van der Waals surface area contributed by atoms with Crippen LogP contribution >= 0.6 is 0 Å². The quantitative estimate of drug-likeness (QED) is 0.875. The fourth-order valence-corrected chi connectivity index (χ4v) is 2.50. The van der Waals surface area contributed by atoms with Gasteiger partial charge in [-0.2, -0.15) is 0 Å². The average molecular weight is 333 g/mol. The molecule has 1 saturated heterocycles. The van der Waals surface area contributed by atoms with Crippen molar-refractivity contribution in [1.82, 2.24) is 20.1 Å². The van der Waals surface area contributed by atoms with Crippen LogP contribution in [0.4, 0.5) is 10.7 Å². The molecular weight excluding hydrogens is 314 g/mol. The van der Waals surface area contributed by atoms with Gasteiger partial charge in [-0.3, -0.25) is 9.78 Å². The second kappa shape index (κ2) is 7.16. The second-order valence-corrected chi connectivity index (χ2v) is 5.35. The number of anilines is 1. The first-order valence-corrected chi connectivity index (χ1v) is 7.82. The molecule has 1 aliphatic rings. The molecule has 1 amide bonds. The Bertz CT molecular complexity index is 735. The van der Waals surface area contributed by atoms with Gasteiger partial charge >= 0.3 is 6.09 Å². The number of piperazine rings is 1. The lowest BCUT2D eigenvalue weighted by Gasteiger charge is -2.33. The number of rotatable bonds is 4. The van der Waals surface area contributed by atoms with E-state index in [-0.39, 0.29) is 11.7 Å². The second-order valence-electron chi connectivity index (χ2n) is 5.35.